The minimum absolute atomic E-state index is 0.0940. The number of carbonyl (C=O) groups excluding carboxylic acids is 2. The normalized spacial score (nSPS) is 16.4. The van der Waals surface area contributed by atoms with Crippen LogP contribution in [0, 0.1) is 0 Å². The molecule has 0 radical (unpaired) electrons. The number of carbonyl (C=O) groups is 2. The molecule has 1 fully saturated rings. The van der Waals surface area contributed by atoms with Gasteiger partial charge in [0.15, 0.2) is 5.11 Å². The van der Waals surface area contributed by atoms with Crippen LogP contribution in [0.3, 0.4) is 0 Å². The average molecular weight is 555 g/mol. The Labute approximate surface area is 238 Å². The van der Waals surface area contributed by atoms with Crippen LogP contribution in [0.2, 0.25) is 0 Å². The molecule has 0 bridgehead atoms. The third kappa shape index (κ3) is 5.74. The minimum Gasteiger partial charge on any atom is -0.465 e. The molecule has 3 heterocycles. The Kier molecular flexibility index (Phi) is 8.21. The van der Waals surface area contributed by atoms with Crippen molar-refractivity contribution in [3.8, 4) is 11.3 Å². The first-order valence-corrected chi connectivity index (χ1v) is 13.5. The van der Waals surface area contributed by atoms with Gasteiger partial charge in [-0.05, 0) is 66.7 Å². The zero-order chi connectivity index (χ0) is 28.1. The molecule has 0 aliphatic carbocycles. The number of furan rings is 1. The number of methoxy groups -OCH3 is 1. The Hall–Kier alpha value is -4.50. The molecule has 2 N–H and O–H groups in total. The van der Waals surface area contributed by atoms with Gasteiger partial charge >= 0.3 is 5.97 Å². The minimum atomic E-state index is -0.416. The van der Waals surface area contributed by atoms with Gasteiger partial charge < -0.3 is 24.7 Å². The highest BCUT2D eigenvalue weighted by Crippen LogP contribution is 2.40. The van der Waals surface area contributed by atoms with E-state index in [9.17, 15) is 9.59 Å². The SMILES string of the molecule is CCc1ccccc1NC(=O)CCN1C(=S)N[C@@H](c2ccccn2)[C@@H]1c1ccc(-c2cccc(C(=O)OC)c2)o1. The predicted octanol–water partition coefficient (Wildman–Crippen LogP) is 5.69. The summed E-state index contributed by atoms with van der Waals surface area (Å²) in [5, 5.41) is 6.94. The molecule has 5 rings (SSSR count). The van der Waals surface area contributed by atoms with Gasteiger partial charge in [0.1, 0.15) is 17.6 Å². The molecule has 4 aromatic rings. The number of thiocarbonyl (C=S) groups is 1. The number of aromatic nitrogens is 1. The summed E-state index contributed by atoms with van der Waals surface area (Å²) in [6.45, 7) is 2.44. The van der Waals surface area contributed by atoms with Crippen molar-refractivity contribution in [3.63, 3.8) is 0 Å². The summed E-state index contributed by atoms with van der Waals surface area (Å²) in [4.78, 5) is 31.6. The van der Waals surface area contributed by atoms with Crippen molar-refractivity contribution in [2.45, 2.75) is 31.8 Å². The molecule has 2 aromatic carbocycles. The van der Waals surface area contributed by atoms with Crippen LogP contribution < -0.4 is 10.6 Å². The topological polar surface area (TPSA) is 96.7 Å². The van der Waals surface area contributed by atoms with Crippen molar-refractivity contribution in [1.82, 2.24) is 15.2 Å². The van der Waals surface area contributed by atoms with E-state index in [0.717, 1.165) is 28.9 Å². The van der Waals surface area contributed by atoms with Crippen LogP contribution in [0.1, 0.15) is 52.8 Å². The molecule has 40 heavy (non-hydrogen) atoms. The van der Waals surface area contributed by atoms with Gasteiger partial charge in [-0.15, -0.1) is 0 Å². The maximum atomic E-state index is 13.0. The van der Waals surface area contributed by atoms with Crippen molar-refractivity contribution in [2.24, 2.45) is 0 Å². The van der Waals surface area contributed by atoms with E-state index in [2.05, 4.69) is 22.5 Å². The van der Waals surface area contributed by atoms with Crippen molar-refractivity contribution < 1.29 is 18.7 Å². The largest absolute Gasteiger partial charge is 0.465 e. The summed E-state index contributed by atoms with van der Waals surface area (Å²) in [5.41, 5.74) is 3.90. The monoisotopic (exact) mass is 554 g/mol. The molecule has 1 amide bonds. The van der Waals surface area contributed by atoms with Crippen LogP contribution in [0.15, 0.2) is 89.5 Å². The lowest BCUT2D eigenvalue weighted by molar-refractivity contribution is -0.116. The van der Waals surface area contributed by atoms with Gasteiger partial charge in [0, 0.05) is 30.4 Å². The molecule has 204 valence electrons. The van der Waals surface area contributed by atoms with Gasteiger partial charge in [-0.2, -0.15) is 0 Å². The number of ether oxygens (including phenoxy) is 1. The summed E-state index contributed by atoms with van der Waals surface area (Å²) >= 11 is 5.74. The third-order valence-corrected chi connectivity index (χ3v) is 7.29. The second kappa shape index (κ2) is 12.1. The highest BCUT2D eigenvalue weighted by Gasteiger charge is 2.41. The molecule has 0 spiro atoms. The van der Waals surface area contributed by atoms with Crippen LogP contribution in [0.4, 0.5) is 5.69 Å². The van der Waals surface area contributed by atoms with Crippen LogP contribution in [-0.4, -0.2) is 40.5 Å². The highest BCUT2D eigenvalue weighted by molar-refractivity contribution is 7.80. The van der Waals surface area contributed by atoms with Gasteiger partial charge in [0.05, 0.1) is 24.4 Å². The number of rotatable bonds is 9. The standard InChI is InChI=1S/C31H30N4O4S/c1-3-20-9-4-5-12-23(20)33-27(36)16-18-35-29(28(34-31(35)40)24-13-6-7-17-32-24)26-15-14-25(39-26)21-10-8-11-22(19-21)30(37)38-2/h4-15,17,19,28-29H,3,16,18H2,1-2H3,(H,33,36)(H,34,40)/t28-,29-/m0/s1. The quantitative estimate of drug-likeness (QED) is 0.201. The van der Waals surface area contributed by atoms with E-state index in [4.69, 9.17) is 21.4 Å². The Morgan fingerprint density at radius 3 is 2.67 bits per heavy atom. The number of aryl methyl sites for hydroxylation is 1. The number of amides is 1. The fourth-order valence-corrected chi connectivity index (χ4v) is 5.26. The van der Waals surface area contributed by atoms with E-state index >= 15 is 0 Å². The lowest BCUT2D eigenvalue weighted by Gasteiger charge is -2.26. The smallest absolute Gasteiger partial charge is 0.337 e. The average Bonchev–Trinajstić information content (AvgIpc) is 3.61. The molecular weight excluding hydrogens is 524 g/mol. The van der Waals surface area contributed by atoms with Crippen LogP contribution in [0.5, 0.6) is 0 Å². The second-order valence-corrected chi connectivity index (χ2v) is 9.79. The number of hydrogen-bond donors (Lipinski definition) is 2. The number of para-hydroxylation sites is 1. The van der Waals surface area contributed by atoms with E-state index < -0.39 is 5.97 Å². The third-order valence-electron chi connectivity index (χ3n) is 6.94. The first-order chi connectivity index (χ1) is 19.5. The molecule has 0 unspecified atom stereocenters. The van der Waals surface area contributed by atoms with E-state index in [1.54, 1.807) is 24.4 Å². The van der Waals surface area contributed by atoms with Crippen LogP contribution >= 0.6 is 12.2 Å². The van der Waals surface area contributed by atoms with E-state index in [1.807, 2.05) is 65.6 Å². The number of benzene rings is 2. The van der Waals surface area contributed by atoms with Crippen molar-refractivity contribution in [2.75, 3.05) is 19.0 Å². The van der Waals surface area contributed by atoms with Crippen molar-refractivity contribution in [3.05, 3.63) is 108 Å². The molecule has 2 aromatic heterocycles. The maximum absolute atomic E-state index is 13.0. The van der Waals surface area contributed by atoms with E-state index in [-0.39, 0.29) is 24.4 Å². The molecule has 0 saturated carbocycles. The summed E-state index contributed by atoms with van der Waals surface area (Å²) in [7, 11) is 1.35. The van der Waals surface area contributed by atoms with E-state index in [1.165, 1.54) is 7.11 Å². The molecule has 8 nitrogen and oxygen atoms in total. The lowest BCUT2D eigenvalue weighted by atomic mass is 10.0. The summed E-state index contributed by atoms with van der Waals surface area (Å²) in [6, 6.07) is 23.8. The summed E-state index contributed by atoms with van der Waals surface area (Å²) in [5.74, 6) is 0.758. The number of nitrogens with zero attached hydrogens (tertiary/aromatic N) is 2. The number of nitrogens with one attached hydrogen (secondary N) is 2. The first-order valence-electron chi connectivity index (χ1n) is 13.1. The van der Waals surface area contributed by atoms with Crippen LogP contribution in [0.25, 0.3) is 11.3 Å². The predicted molar refractivity (Wildman–Crippen MR) is 157 cm³/mol. The zero-order valence-corrected chi connectivity index (χ0v) is 23.1. The lowest BCUT2D eigenvalue weighted by Crippen LogP contribution is -2.32. The van der Waals surface area contributed by atoms with Crippen molar-refractivity contribution in [1.29, 1.82) is 0 Å². The highest BCUT2D eigenvalue weighted by atomic mass is 32.1. The molecule has 1 aliphatic heterocycles. The fourth-order valence-electron chi connectivity index (χ4n) is 4.92. The van der Waals surface area contributed by atoms with Gasteiger partial charge in [-0.3, -0.25) is 9.78 Å². The van der Waals surface area contributed by atoms with Gasteiger partial charge in [-0.1, -0.05) is 43.3 Å². The Morgan fingerprint density at radius 2 is 1.90 bits per heavy atom. The number of esters is 1. The first kappa shape index (κ1) is 27.1. The number of anilines is 1. The second-order valence-electron chi connectivity index (χ2n) is 9.40. The van der Waals surface area contributed by atoms with Gasteiger partial charge in [0.2, 0.25) is 5.91 Å². The molecule has 9 heteroatoms. The fraction of sp³-hybridized carbons (Fsp3) is 0.226. The van der Waals surface area contributed by atoms with E-state index in [0.29, 0.717) is 28.7 Å². The van der Waals surface area contributed by atoms with Gasteiger partial charge in [0.25, 0.3) is 0 Å². The van der Waals surface area contributed by atoms with Gasteiger partial charge in [-0.25, -0.2) is 4.79 Å². The molecule has 1 saturated heterocycles. The van der Waals surface area contributed by atoms with Crippen molar-refractivity contribution >= 4 is 34.9 Å². The Balaban J connectivity index is 1.40. The Morgan fingerprint density at radius 1 is 1.07 bits per heavy atom. The summed E-state index contributed by atoms with van der Waals surface area (Å²) in [6.07, 6.45) is 2.80. The molecule has 2 atom stereocenters. The molecular formula is C31H30N4O4S. The van der Waals surface area contributed by atoms with Crippen LogP contribution in [-0.2, 0) is 16.0 Å². The maximum Gasteiger partial charge on any atom is 0.337 e. The Bertz CT molecular complexity index is 1520. The number of hydrogen-bond acceptors (Lipinski definition) is 6. The zero-order valence-electron chi connectivity index (χ0n) is 22.3. The summed E-state index contributed by atoms with van der Waals surface area (Å²) < 4.78 is 11.2. The number of pyridine rings is 1. The molecule has 1 aliphatic rings.